The summed E-state index contributed by atoms with van der Waals surface area (Å²) in [4.78, 5) is 4.23. The van der Waals surface area contributed by atoms with Gasteiger partial charge in [-0.2, -0.15) is 0 Å². The molecule has 1 aromatic heterocycles. The molecular weight excluding hydrogens is 148 g/mol. The van der Waals surface area contributed by atoms with Crippen molar-refractivity contribution in [3.8, 4) is 0 Å². The summed E-state index contributed by atoms with van der Waals surface area (Å²) in [5.74, 6) is 0. The third kappa shape index (κ3) is 1.76. The van der Waals surface area contributed by atoms with Crippen LogP contribution in [0.4, 0.5) is 5.69 Å². The van der Waals surface area contributed by atoms with Crippen molar-refractivity contribution in [2.45, 2.75) is 33.1 Å². The van der Waals surface area contributed by atoms with Crippen molar-refractivity contribution >= 4 is 5.69 Å². The zero-order valence-corrected chi connectivity index (χ0v) is 8.18. The van der Waals surface area contributed by atoms with Crippen molar-refractivity contribution in [1.82, 2.24) is 4.98 Å². The Morgan fingerprint density at radius 3 is 2.33 bits per heavy atom. The van der Waals surface area contributed by atoms with Crippen molar-refractivity contribution in [3.05, 3.63) is 23.5 Å². The fourth-order valence-corrected chi connectivity index (χ4v) is 1.21. The summed E-state index contributed by atoms with van der Waals surface area (Å²) in [6, 6.07) is 1.92. The fraction of sp³-hybridized carbons (Fsp3) is 0.500. The molecule has 0 radical (unpaired) electrons. The normalized spacial score (nSPS) is 11.7. The van der Waals surface area contributed by atoms with Gasteiger partial charge in [-0.15, -0.1) is 0 Å². The molecule has 0 aliphatic carbocycles. The second kappa shape index (κ2) is 2.77. The highest BCUT2D eigenvalue weighted by Gasteiger charge is 2.16. The number of hydrogen-bond acceptors (Lipinski definition) is 2. The average molecular weight is 164 g/mol. The minimum Gasteiger partial charge on any atom is -0.398 e. The zero-order valence-electron chi connectivity index (χ0n) is 8.18. The number of nitrogen functional groups attached to an aromatic ring is 1. The second-order valence-electron chi connectivity index (χ2n) is 4.16. The molecule has 1 heterocycles. The summed E-state index contributed by atoms with van der Waals surface area (Å²) in [7, 11) is 0. The third-order valence-corrected chi connectivity index (χ3v) is 1.88. The van der Waals surface area contributed by atoms with Crippen LogP contribution in [0.25, 0.3) is 0 Å². The molecule has 0 bridgehead atoms. The Morgan fingerprint density at radius 2 is 1.92 bits per heavy atom. The molecule has 0 saturated heterocycles. The van der Waals surface area contributed by atoms with Crippen LogP contribution in [0.1, 0.15) is 32.0 Å². The van der Waals surface area contributed by atoms with E-state index in [1.54, 1.807) is 0 Å². The molecule has 0 spiro atoms. The Hall–Kier alpha value is -1.05. The van der Waals surface area contributed by atoms with E-state index in [0.717, 1.165) is 16.9 Å². The lowest BCUT2D eigenvalue weighted by molar-refractivity contribution is 0.589. The Kier molecular flexibility index (Phi) is 2.09. The van der Waals surface area contributed by atoms with E-state index in [2.05, 4.69) is 25.8 Å². The number of aryl methyl sites for hydroxylation is 1. The lowest BCUT2D eigenvalue weighted by Crippen LogP contribution is -2.14. The van der Waals surface area contributed by atoms with E-state index in [-0.39, 0.29) is 5.41 Å². The van der Waals surface area contributed by atoms with E-state index in [4.69, 9.17) is 5.73 Å². The van der Waals surface area contributed by atoms with Gasteiger partial charge in [-0.05, 0) is 24.0 Å². The lowest BCUT2D eigenvalue weighted by atomic mass is 9.87. The Morgan fingerprint density at radius 1 is 1.33 bits per heavy atom. The van der Waals surface area contributed by atoms with Crippen LogP contribution in [0, 0.1) is 6.92 Å². The molecule has 0 aliphatic rings. The summed E-state index contributed by atoms with van der Waals surface area (Å²) in [5.41, 5.74) is 8.89. The molecule has 12 heavy (non-hydrogen) atoms. The van der Waals surface area contributed by atoms with Crippen LogP contribution in [-0.2, 0) is 5.41 Å². The highest BCUT2D eigenvalue weighted by molar-refractivity contribution is 5.49. The van der Waals surface area contributed by atoms with Gasteiger partial charge in [0.05, 0.1) is 0 Å². The van der Waals surface area contributed by atoms with Crippen molar-refractivity contribution < 1.29 is 0 Å². The number of pyridine rings is 1. The van der Waals surface area contributed by atoms with Crippen molar-refractivity contribution in [3.63, 3.8) is 0 Å². The first-order chi connectivity index (χ1) is 5.41. The Bertz CT molecular complexity index is 284. The number of nitrogens with zero attached hydrogens (tertiary/aromatic N) is 1. The van der Waals surface area contributed by atoms with Crippen molar-refractivity contribution in [2.24, 2.45) is 0 Å². The second-order valence-corrected chi connectivity index (χ2v) is 4.16. The van der Waals surface area contributed by atoms with Crippen LogP contribution in [0.3, 0.4) is 0 Å². The van der Waals surface area contributed by atoms with Gasteiger partial charge >= 0.3 is 0 Å². The van der Waals surface area contributed by atoms with Gasteiger partial charge in [-0.1, -0.05) is 20.8 Å². The van der Waals surface area contributed by atoms with Gasteiger partial charge in [0.15, 0.2) is 0 Å². The van der Waals surface area contributed by atoms with Gasteiger partial charge in [0, 0.05) is 17.6 Å². The van der Waals surface area contributed by atoms with E-state index < -0.39 is 0 Å². The molecule has 0 amide bonds. The van der Waals surface area contributed by atoms with E-state index >= 15 is 0 Å². The van der Waals surface area contributed by atoms with Gasteiger partial charge in [-0.25, -0.2) is 0 Å². The smallest absolute Gasteiger partial charge is 0.0393 e. The summed E-state index contributed by atoms with van der Waals surface area (Å²) in [6.45, 7) is 8.35. The quantitative estimate of drug-likeness (QED) is 0.638. The molecule has 2 N–H and O–H groups in total. The first-order valence-electron chi connectivity index (χ1n) is 4.14. The molecule has 2 heteroatoms. The van der Waals surface area contributed by atoms with Gasteiger partial charge in [-0.3, -0.25) is 4.98 Å². The molecule has 2 nitrogen and oxygen atoms in total. The molecule has 0 atom stereocenters. The zero-order chi connectivity index (χ0) is 9.35. The van der Waals surface area contributed by atoms with Gasteiger partial charge < -0.3 is 5.73 Å². The summed E-state index contributed by atoms with van der Waals surface area (Å²) < 4.78 is 0. The van der Waals surface area contributed by atoms with Crippen molar-refractivity contribution in [1.29, 1.82) is 0 Å². The minimum absolute atomic E-state index is 0.0881. The molecule has 1 rings (SSSR count). The topological polar surface area (TPSA) is 38.9 Å². The lowest BCUT2D eigenvalue weighted by Gasteiger charge is -2.20. The van der Waals surface area contributed by atoms with Gasteiger partial charge in [0.2, 0.25) is 0 Å². The van der Waals surface area contributed by atoms with Gasteiger partial charge in [0.1, 0.15) is 0 Å². The number of anilines is 1. The van der Waals surface area contributed by atoms with E-state index in [1.807, 2.05) is 19.2 Å². The molecule has 66 valence electrons. The van der Waals surface area contributed by atoms with Crippen LogP contribution in [0.15, 0.2) is 12.3 Å². The number of nitrogens with two attached hydrogens (primary N) is 1. The Balaban J connectivity index is 3.19. The maximum absolute atomic E-state index is 5.87. The molecule has 1 aromatic rings. The molecule has 0 fully saturated rings. The predicted octanol–water partition coefficient (Wildman–Crippen LogP) is 2.27. The highest BCUT2D eigenvalue weighted by atomic mass is 14.7. The number of rotatable bonds is 0. The molecule has 0 unspecified atom stereocenters. The molecular formula is C10H16N2. The monoisotopic (exact) mass is 164 g/mol. The number of hydrogen-bond donors (Lipinski definition) is 1. The molecule has 0 aromatic carbocycles. The SMILES string of the molecule is Cc1cc(N)c(C(C)(C)C)cn1. The van der Waals surface area contributed by atoms with Crippen molar-refractivity contribution in [2.75, 3.05) is 5.73 Å². The average Bonchev–Trinajstić information content (AvgIpc) is 1.83. The predicted molar refractivity (Wildman–Crippen MR) is 52.1 cm³/mol. The van der Waals surface area contributed by atoms with Crippen LogP contribution in [-0.4, -0.2) is 4.98 Å². The van der Waals surface area contributed by atoms with Crippen LogP contribution in [0.5, 0.6) is 0 Å². The highest BCUT2D eigenvalue weighted by Crippen LogP contribution is 2.26. The molecule has 0 saturated carbocycles. The Labute approximate surface area is 73.8 Å². The first kappa shape index (κ1) is 9.04. The van der Waals surface area contributed by atoms with E-state index in [9.17, 15) is 0 Å². The van der Waals surface area contributed by atoms with Crippen LogP contribution >= 0.6 is 0 Å². The van der Waals surface area contributed by atoms with Crippen LogP contribution in [0.2, 0.25) is 0 Å². The summed E-state index contributed by atoms with van der Waals surface area (Å²) in [5, 5.41) is 0. The largest absolute Gasteiger partial charge is 0.398 e. The standard InChI is InChI=1S/C10H16N2/c1-7-5-9(11)8(6-12-7)10(2,3)4/h5-6H,1-4H3,(H2,11,12). The van der Waals surface area contributed by atoms with E-state index in [0.29, 0.717) is 0 Å². The van der Waals surface area contributed by atoms with Gasteiger partial charge in [0.25, 0.3) is 0 Å². The number of aromatic nitrogens is 1. The maximum atomic E-state index is 5.87. The summed E-state index contributed by atoms with van der Waals surface area (Å²) >= 11 is 0. The first-order valence-corrected chi connectivity index (χ1v) is 4.14. The molecule has 0 aliphatic heterocycles. The van der Waals surface area contributed by atoms with Crippen LogP contribution < -0.4 is 5.73 Å². The van der Waals surface area contributed by atoms with E-state index in [1.165, 1.54) is 0 Å². The maximum Gasteiger partial charge on any atom is 0.0393 e. The fourth-order valence-electron chi connectivity index (χ4n) is 1.21. The summed E-state index contributed by atoms with van der Waals surface area (Å²) in [6.07, 6.45) is 1.87. The minimum atomic E-state index is 0.0881. The third-order valence-electron chi connectivity index (χ3n) is 1.88.